The Balaban J connectivity index is 1.53. The molecule has 0 saturated carbocycles. The highest BCUT2D eigenvalue weighted by Crippen LogP contribution is 2.30. The minimum Gasteiger partial charge on any atom is -0.490 e. The zero-order chi connectivity index (χ0) is 21.3. The van der Waals surface area contributed by atoms with Gasteiger partial charge in [-0.25, -0.2) is 4.98 Å². The van der Waals surface area contributed by atoms with Crippen LogP contribution in [-0.4, -0.2) is 23.6 Å². The lowest BCUT2D eigenvalue weighted by Gasteiger charge is -2.15. The van der Waals surface area contributed by atoms with E-state index < -0.39 is 6.10 Å². The number of amides is 1. The van der Waals surface area contributed by atoms with Crippen LogP contribution in [0.25, 0.3) is 0 Å². The first kappa shape index (κ1) is 21.5. The molecule has 2 aromatic carbocycles. The van der Waals surface area contributed by atoms with Crippen LogP contribution < -0.4 is 19.5 Å². The number of pyridine rings is 1. The Bertz CT molecular complexity index is 979. The minimum atomic E-state index is -0.685. The molecular weight excluding hydrogens is 404 g/mol. The van der Waals surface area contributed by atoms with Crippen molar-refractivity contribution in [2.75, 3.05) is 6.61 Å². The highest BCUT2D eigenvalue weighted by Gasteiger charge is 2.15. The summed E-state index contributed by atoms with van der Waals surface area (Å²) in [5.41, 5.74) is 0.832. The third-order valence-electron chi connectivity index (χ3n) is 4.14. The van der Waals surface area contributed by atoms with Crippen molar-refractivity contribution in [3.05, 3.63) is 77.4 Å². The predicted molar refractivity (Wildman–Crippen MR) is 115 cm³/mol. The molecule has 1 heterocycles. The second-order valence-corrected chi connectivity index (χ2v) is 6.80. The number of nitrogens with one attached hydrogen (secondary N) is 1. The van der Waals surface area contributed by atoms with E-state index in [1.54, 1.807) is 43.5 Å². The molecule has 1 atom stereocenters. The predicted octanol–water partition coefficient (Wildman–Crippen LogP) is 5.01. The number of carbonyl (C=O) groups is 1. The van der Waals surface area contributed by atoms with Crippen molar-refractivity contribution in [2.24, 2.45) is 0 Å². The van der Waals surface area contributed by atoms with Crippen molar-refractivity contribution in [3.63, 3.8) is 0 Å². The van der Waals surface area contributed by atoms with Gasteiger partial charge in [0.05, 0.1) is 11.6 Å². The van der Waals surface area contributed by atoms with Gasteiger partial charge in [0, 0.05) is 18.8 Å². The van der Waals surface area contributed by atoms with Crippen LogP contribution >= 0.6 is 11.6 Å². The van der Waals surface area contributed by atoms with Crippen molar-refractivity contribution in [2.45, 2.75) is 26.5 Å². The average Bonchev–Trinajstić information content (AvgIpc) is 2.76. The molecule has 0 radical (unpaired) electrons. The Labute approximate surface area is 180 Å². The summed E-state index contributed by atoms with van der Waals surface area (Å²) >= 11 is 6.06. The Kier molecular flexibility index (Phi) is 7.51. The molecule has 3 aromatic rings. The van der Waals surface area contributed by atoms with Crippen LogP contribution in [0.15, 0.2) is 66.9 Å². The fourth-order valence-corrected chi connectivity index (χ4v) is 2.80. The molecule has 0 fully saturated rings. The Morgan fingerprint density at radius 2 is 1.73 bits per heavy atom. The standard InChI is InChI=1S/C23H23ClN2O4/c1-3-28-20-10-6-7-11-21(20)30-22-13-12-17(14-25-22)15-26-23(27)16(2)29-19-9-5-4-8-18(19)24/h4-14,16H,3,15H2,1-2H3,(H,26,27). The van der Waals surface area contributed by atoms with E-state index in [9.17, 15) is 4.79 Å². The zero-order valence-electron chi connectivity index (χ0n) is 16.8. The molecule has 0 aliphatic heterocycles. The van der Waals surface area contributed by atoms with Crippen LogP contribution in [-0.2, 0) is 11.3 Å². The van der Waals surface area contributed by atoms with Gasteiger partial charge in [0.25, 0.3) is 5.91 Å². The van der Waals surface area contributed by atoms with E-state index in [1.807, 2.05) is 37.3 Å². The summed E-state index contributed by atoms with van der Waals surface area (Å²) in [6.45, 7) is 4.45. The van der Waals surface area contributed by atoms with E-state index in [1.165, 1.54) is 0 Å². The van der Waals surface area contributed by atoms with Crippen molar-refractivity contribution >= 4 is 17.5 Å². The quantitative estimate of drug-likeness (QED) is 0.520. The van der Waals surface area contributed by atoms with Gasteiger partial charge in [0.15, 0.2) is 17.6 Å². The van der Waals surface area contributed by atoms with Crippen LogP contribution in [0.4, 0.5) is 0 Å². The molecule has 1 N–H and O–H groups in total. The summed E-state index contributed by atoms with van der Waals surface area (Å²) in [5, 5.41) is 3.29. The van der Waals surface area contributed by atoms with Gasteiger partial charge in [0.2, 0.25) is 5.88 Å². The number of benzene rings is 2. The second-order valence-electron chi connectivity index (χ2n) is 6.39. The van der Waals surface area contributed by atoms with Crippen LogP contribution in [0.3, 0.4) is 0 Å². The molecule has 7 heteroatoms. The van der Waals surface area contributed by atoms with E-state index in [2.05, 4.69) is 10.3 Å². The molecule has 30 heavy (non-hydrogen) atoms. The second kappa shape index (κ2) is 10.5. The molecule has 156 valence electrons. The van der Waals surface area contributed by atoms with Gasteiger partial charge in [0.1, 0.15) is 5.75 Å². The molecule has 0 saturated heterocycles. The molecule has 1 aromatic heterocycles. The summed E-state index contributed by atoms with van der Waals surface area (Å²) < 4.78 is 17.0. The van der Waals surface area contributed by atoms with Crippen LogP contribution in [0.5, 0.6) is 23.1 Å². The van der Waals surface area contributed by atoms with Crippen LogP contribution in [0, 0.1) is 0 Å². The van der Waals surface area contributed by atoms with Gasteiger partial charge in [-0.2, -0.15) is 0 Å². The number of para-hydroxylation sites is 3. The molecule has 0 bridgehead atoms. The monoisotopic (exact) mass is 426 g/mol. The van der Waals surface area contributed by atoms with Gasteiger partial charge in [-0.1, -0.05) is 41.9 Å². The fourth-order valence-electron chi connectivity index (χ4n) is 2.61. The number of carbonyl (C=O) groups excluding carboxylic acids is 1. The number of halogens is 1. The van der Waals surface area contributed by atoms with Crippen LogP contribution in [0.2, 0.25) is 5.02 Å². The lowest BCUT2D eigenvalue weighted by Crippen LogP contribution is -2.35. The first-order valence-electron chi connectivity index (χ1n) is 9.60. The highest BCUT2D eigenvalue weighted by atomic mass is 35.5. The Hall–Kier alpha value is -3.25. The summed E-state index contributed by atoms with van der Waals surface area (Å²) in [6.07, 6.45) is 0.967. The maximum Gasteiger partial charge on any atom is 0.261 e. The zero-order valence-corrected chi connectivity index (χ0v) is 17.6. The number of ether oxygens (including phenoxy) is 3. The first-order chi connectivity index (χ1) is 14.6. The Morgan fingerprint density at radius 1 is 1.03 bits per heavy atom. The molecule has 6 nitrogen and oxygen atoms in total. The van der Waals surface area contributed by atoms with Gasteiger partial charge in [-0.15, -0.1) is 0 Å². The molecule has 3 rings (SSSR count). The van der Waals surface area contributed by atoms with Crippen molar-refractivity contribution in [1.82, 2.24) is 10.3 Å². The fraction of sp³-hybridized carbons (Fsp3) is 0.217. The SMILES string of the molecule is CCOc1ccccc1Oc1ccc(CNC(=O)C(C)Oc2ccccc2Cl)cn1. The van der Waals surface area contributed by atoms with Crippen molar-refractivity contribution in [1.29, 1.82) is 0 Å². The van der Waals surface area contributed by atoms with E-state index >= 15 is 0 Å². The van der Waals surface area contributed by atoms with Gasteiger partial charge in [-0.05, 0) is 43.7 Å². The van der Waals surface area contributed by atoms with Gasteiger partial charge in [-0.3, -0.25) is 4.79 Å². The lowest BCUT2D eigenvalue weighted by molar-refractivity contribution is -0.127. The highest BCUT2D eigenvalue weighted by molar-refractivity contribution is 6.32. The maximum atomic E-state index is 12.3. The summed E-state index contributed by atoms with van der Waals surface area (Å²) in [4.78, 5) is 16.6. The largest absolute Gasteiger partial charge is 0.490 e. The lowest BCUT2D eigenvalue weighted by atomic mass is 10.2. The molecule has 0 aliphatic rings. The van der Waals surface area contributed by atoms with E-state index in [-0.39, 0.29) is 5.91 Å². The molecule has 0 spiro atoms. The number of hydrogen-bond acceptors (Lipinski definition) is 5. The third-order valence-corrected chi connectivity index (χ3v) is 4.45. The topological polar surface area (TPSA) is 69.7 Å². The van der Waals surface area contributed by atoms with E-state index in [0.29, 0.717) is 41.3 Å². The molecule has 1 unspecified atom stereocenters. The Morgan fingerprint density at radius 3 is 2.40 bits per heavy atom. The number of aromatic nitrogens is 1. The van der Waals surface area contributed by atoms with Crippen LogP contribution in [0.1, 0.15) is 19.4 Å². The average molecular weight is 427 g/mol. The normalized spacial score (nSPS) is 11.4. The van der Waals surface area contributed by atoms with E-state index in [0.717, 1.165) is 5.56 Å². The van der Waals surface area contributed by atoms with Crippen molar-refractivity contribution < 1.29 is 19.0 Å². The van der Waals surface area contributed by atoms with E-state index in [4.69, 9.17) is 25.8 Å². The smallest absolute Gasteiger partial charge is 0.261 e. The summed E-state index contributed by atoms with van der Waals surface area (Å²) in [7, 11) is 0. The summed E-state index contributed by atoms with van der Waals surface area (Å²) in [5.74, 6) is 1.91. The maximum absolute atomic E-state index is 12.3. The summed E-state index contributed by atoms with van der Waals surface area (Å²) in [6, 6.07) is 18.0. The van der Waals surface area contributed by atoms with Gasteiger partial charge < -0.3 is 19.5 Å². The number of rotatable bonds is 9. The number of hydrogen-bond donors (Lipinski definition) is 1. The molecular formula is C23H23ClN2O4. The third kappa shape index (κ3) is 5.87. The van der Waals surface area contributed by atoms with Crippen molar-refractivity contribution in [3.8, 4) is 23.1 Å². The minimum absolute atomic E-state index is 0.249. The van der Waals surface area contributed by atoms with Gasteiger partial charge >= 0.3 is 0 Å². The molecule has 0 aliphatic carbocycles. The first-order valence-corrected chi connectivity index (χ1v) is 9.98. The molecule has 1 amide bonds. The number of nitrogens with zero attached hydrogens (tertiary/aromatic N) is 1.